The van der Waals surface area contributed by atoms with Crippen LogP contribution in [0, 0.1) is 36.1 Å². The molecule has 3 unspecified atom stereocenters. The van der Waals surface area contributed by atoms with Crippen molar-refractivity contribution in [2.45, 2.75) is 216 Å². The van der Waals surface area contributed by atoms with Crippen molar-refractivity contribution in [1.29, 1.82) is 0 Å². The molecular formula is C60H81N3O9. The molecule has 0 aliphatic carbocycles. The Bertz CT molecular complexity index is 2570. The van der Waals surface area contributed by atoms with Crippen molar-refractivity contribution in [2.75, 3.05) is 0 Å². The van der Waals surface area contributed by atoms with Gasteiger partial charge in [0.25, 0.3) is 0 Å². The molecule has 0 aliphatic rings. The number of ether oxygens (including phenoxy) is 3. The van der Waals surface area contributed by atoms with Crippen LogP contribution in [-0.2, 0) is 66.0 Å². The Morgan fingerprint density at radius 3 is 0.694 bits per heavy atom. The van der Waals surface area contributed by atoms with Crippen molar-refractivity contribution in [3.63, 3.8) is 0 Å². The van der Waals surface area contributed by atoms with Gasteiger partial charge in [-0.25, -0.2) is 28.1 Å². The molecule has 0 aliphatic heterocycles. The first-order chi connectivity index (χ1) is 32.8. The van der Waals surface area contributed by atoms with Gasteiger partial charge in [0.1, 0.15) is 35.6 Å². The van der Waals surface area contributed by atoms with Crippen LogP contribution in [0.1, 0.15) is 214 Å². The summed E-state index contributed by atoms with van der Waals surface area (Å²) in [7, 11) is 0. The minimum Gasteiger partial charge on any atom is -0.507 e. The SMILES string of the molecule is CC(OC#CCc1cc(C(C)(C)C)c(O)c(C(C)(C)C)c1)n1c(=O)n(C(C)OC#CCc2cc(C(C)(C)C)c(O)c(C(C)(C)C)c2)c(=O)n(C(C)OC#CCc2cc(C(C)(C)C)c(O)c(C(C)(C)C)c2)c1=O. The fourth-order valence-electron chi connectivity index (χ4n) is 8.30. The average molecular weight is 988 g/mol. The molecule has 390 valence electrons. The van der Waals surface area contributed by atoms with Gasteiger partial charge >= 0.3 is 17.1 Å². The van der Waals surface area contributed by atoms with E-state index >= 15 is 0 Å². The molecule has 1 aromatic heterocycles. The van der Waals surface area contributed by atoms with E-state index in [-0.39, 0.29) is 69.0 Å². The summed E-state index contributed by atoms with van der Waals surface area (Å²) in [4.78, 5) is 43.0. The first-order valence-electron chi connectivity index (χ1n) is 24.8. The molecule has 0 radical (unpaired) electrons. The molecule has 3 N–H and O–H groups in total. The third-order valence-corrected chi connectivity index (χ3v) is 12.5. The van der Waals surface area contributed by atoms with Crippen LogP contribution in [-0.4, -0.2) is 29.0 Å². The van der Waals surface area contributed by atoms with Gasteiger partial charge in [0.05, 0.1) is 0 Å². The van der Waals surface area contributed by atoms with E-state index in [1.807, 2.05) is 161 Å². The van der Waals surface area contributed by atoms with Gasteiger partial charge in [0.2, 0.25) is 0 Å². The highest BCUT2D eigenvalue weighted by Gasteiger charge is 2.30. The molecule has 4 aromatic rings. The quantitative estimate of drug-likeness (QED) is 0.139. The molecule has 0 spiro atoms. The van der Waals surface area contributed by atoms with Crippen LogP contribution in [0.15, 0.2) is 50.8 Å². The van der Waals surface area contributed by atoms with E-state index in [0.717, 1.165) is 63.8 Å². The highest BCUT2D eigenvalue weighted by atomic mass is 16.5. The van der Waals surface area contributed by atoms with Crippen LogP contribution in [0.4, 0.5) is 0 Å². The fraction of sp³-hybridized carbons (Fsp3) is 0.550. The number of phenols is 3. The Labute approximate surface area is 428 Å². The lowest BCUT2D eigenvalue weighted by Gasteiger charge is -2.28. The van der Waals surface area contributed by atoms with Gasteiger partial charge in [-0.2, -0.15) is 0 Å². The Hall–Kier alpha value is -6.45. The zero-order chi connectivity index (χ0) is 54.9. The molecule has 12 nitrogen and oxygen atoms in total. The summed E-state index contributed by atoms with van der Waals surface area (Å²) >= 11 is 0. The lowest BCUT2D eigenvalue weighted by molar-refractivity contribution is 0.0553. The van der Waals surface area contributed by atoms with Crippen LogP contribution in [0.25, 0.3) is 0 Å². The van der Waals surface area contributed by atoms with Crippen LogP contribution in [0.2, 0.25) is 0 Å². The smallest absolute Gasteiger partial charge is 0.342 e. The first kappa shape index (κ1) is 58.1. The highest BCUT2D eigenvalue weighted by molar-refractivity contribution is 5.52. The van der Waals surface area contributed by atoms with Gasteiger partial charge in [0.15, 0.2) is 18.7 Å². The zero-order valence-corrected chi connectivity index (χ0v) is 47.0. The maximum Gasteiger partial charge on any atom is 0.342 e. The molecule has 3 atom stereocenters. The summed E-state index contributed by atoms with van der Waals surface area (Å²) in [5.41, 5.74) is 2.10. The molecule has 0 bridgehead atoms. The lowest BCUT2D eigenvalue weighted by Crippen LogP contribution is -2.57. The van der Waals surface area contributed by atoms with Crippen molar-refractivity contribution >= 4 is 0 Å². The Kier molecular flexibility index (Phi) is 17.2. The summed E-state index contributed by atoms with van der Waals surface area (Å²) < 4.78 is 19.8. The lowest BCUT2D eigenvalue weighted by atomic mass is 9.78. The topological polar surface area (TPSA) is 154 Å². The maximum atomic E-state index is 14.3. The number of hydrogen-bond acceptors (Lipinski definition) is 9. The molecule has 4 rings (SSSR count). The molecule has 0 amide bonds. The molecule has 0 saturated heterocycles. The van der Waals surface area contributed by atoms with Crippen LogP contribution < -0.4 is 17.1 Å². The van der Waals surface area contributed by atoms with Crippen molar-refractivity contribution < 1.29 is 29.5 Å². The summed E-state index contributed by atoms with van der Waals surface area (Å²) in [5, 5.41) is 33.7. The number of aromatic nitrogens is 3. The van der Waals surface area contributed by atoms with Crippen molar-refractivity contribution in [1.82, 2.24) is 13.7 Å². The van der Waals surface area contributed by atoms with E-state index in [1.54, 1.807) is 0 Å². The van der Waals surface area contributed by atoms with Crippen LogP contribution >= 0.6 is 0 Å². The summed E-state index contributed by atoms with van der Waals surface area (Å²) in [6.45, 7) is 40.9. The predicted molar refractivity (Wildman–Crippen MR) is 288 cm³/mol. The molecule has 1 heterocycles. The van der Waals surface area contributed by atoms with Crippen molar-refractivity contribution in [2.24, 2.45) is 0 Å². The number of aromatic hydroxyl groups is 3. The minimum absolute atomic E-state index is 0.239. The number of nitrogens with zero attached hydrogens (tertiary/aromatic N) is 3. The molecule has 0 saturated carbocycles. The van der Waals surface area contributed by atoms with E-state index in [1.165, 1.54) is 20.8 Å². The first-order valence-corrected chi connectivity index (χ1v) is 24.8. The van der Waals surface area contributed by atoms with E-state index in [9.17, 15) is 29.7 Å². The molecule has 0 fully saturated rings. The van der Waals surface area contributed by atoms with Gasteiger partial charge in [0, 0.05) is 19.3 Å². The number of rotatable bonds is 9. The van der Waals surface area contributed by atoms with Gasteiger partial charge < -0.3 is 29.5 Å². The largest absolute Gasteiger partial charge is 0.507 e. The second-order valence-electron chi connectivity index (χ2n) is 25.1. The Morgan fingerprint density at radius 1 is 0.375 bits per heavy atom. The average Bonchev–Trinajstić information content (AvgIpc) is 3.21. The minimum atomic E-state index is -1.30. The maximum absolute atomic E-state index is 14.3. The normalized spacial score (nSPS) is 13.6. The summed E-state index contributed by atoms with van der Waals surface area (Å²) in [6.07, 6.45) is 4.80. The van der Waals surface area contributed by atoms with E-state index in [4.69, 9.17) is 14.2 Å². The van der Waals surface area contributed by atoms with Gasteiger partial charge in [-0.15, -0.1) is 0 Å². The van der Waals surface area contributed by atoms with E-state index in [2.05, 4.69) is 36.1 Å². The second-order valence-corrected chi connectivity index (χ2v) is 25.1. The molecule has 12 heteroatoms. The summed E-state index contributed by atoms with van der Waals surface area (Å²) in [5.74, 6) is 9.72. The van der Waals surface area contributed by atoms with E-state index in [0.29, 0.717) is 0 Å². The third kappa shape index (κ3) is 13.7. The van der Waals surface area contributed by atoms with Gasteiger partial charge in [-0.1, -0.05) is 179 Å². The fourth-order valence-corrected chi connectivity index (χ4v) is 8.30. The van der Waals surface area contributed by atoms with Gasteiger partial charge in [-0.3, -0.25) is 0 Å². The van der Waals surface area contributed by atoms with Crippen LogP contribution in [0.5, 0.6) is 17.2 Å². The van der Waals surface area contributed by atoms with Gasteiger partial charge in [-0.05, 0) is 103 Å². The van der Waals surface area contributed by atoms with Crippen molar-refractivity contribution in [3.05, 3.63) is 118 Å². The Morgan fingerprint density at radius 2 is 0.542 bits per heavy atom. The summed E-state index contributed by atoms with van der Waals surface area (Å²) in [6, 6.07) is 11.5. The molecular weight excluding hydrogens is 907 g/mol. The number of phenolic OH excluding ortho intramolecular Hbond substituents is 3. The Balaban J connectivity index is 1.76. The van der Waals surface area contributed by atoms with E-state index < -0.39 is 35.8 Å². The molecule has 72 heavy (non-hydrogen) atoms. The predicted octanol–water partition coefficient (Wildman–Crippen LogP) is 11.3. The zero-order valence-electron chi connectivity index (χ0n) is 47.0. The number of benzene rings is 3. The highest BCUT2D eigenvalue weighted by Crippen LogP contribution is 2.42. The van der Waals surface area contributed by atoms with Crippen molar-refractivity contribution in [3.8, 4) is 53.3 Å². The standard InChI is InChI=1S/C60H81N3O9/c1-37(70-28-22-25-40-31-43(55(4,5)6)49(64)44(32-40)56(7,8)9)61-52(67)62(38(2)71-29-23-26-41-33-45(57(10,11)12)50(65)46(34-41)58(13,14)15)54(69)63(53(61)68)39(3)72-30-24-27-42-35-47(59(16,17)18)51(66)48(36-42)60(19,20)21/h31-39,64-66H,25-27H2,1-21H3. The third-order valence-electron chi connectivity index (χ3n) is 12.5. The second kappa shape index (κ2) is 21.3. The monoisotopic (exact) mass is 988 g/mol. The van der Waals surface area contributed by atoms with Crippen LogP contribution in [0.3, 0.4) is 0 Å². The number of hydrogen-bond donors (Lipinski definition) is 3. The molecule has 3 aromatic carbocycles.